The second kappa shape index (κ2) is 6.52. The van der Waals surface area contributed by atoms with Crippen LogP contribution in [0.5, 0.6) is 0 Å². The Morgan fingerprint density at radius 1 is 1.07 bits per heavy atom. The van der Waals surface area contributed by atoms with Gasteiger partial charge < -0.3 is 18.9 Å². The summed E-state index contributed by atoms with van der Waals surface area (Å²) in [5.74, 6) is 0.452. The number of amides is 1. The summed E-state index contributed by atoms with van der Waals surface area (Å²) in [6, 6.07) is 0. The lowest BCUT2D eigenvalue weighted by Gasteiger charge is -2.53. The first kappa shape index (κ1) is 20.7. The van der Waals surface area contributed by atoms with Gasteiger partial charge in [-0.1, -0.05) is 0 Å². The standard InChI is InChI=1S/C21H36BNO4/c1-15(22-26-19(5,6)20(7,8)27-22)16-13-21(14-16)9-11-23(12-10-21)17(24)25-18(2,3)4/h16H,1,9-14H2,2-8H3. The lowest BCUT2D eigenvalue weighted by atomic mass is 9.51. The predicted molar refractivity (Wildman–Crippen MR) is 107 cm³/mol. The average molecular weight is 377 g/mol. The molecular weight excluding hydrogens is 341 g/mol. The van der Waals surface area contributed by atoms with Crippen LogP contribution in [0.4, 0.5) is 4.79 Å². The van der Waals surface area contributed by atoms with Crippen LogP contribution in [0.3, 0.4) is 0 Å². The molecule has 152 valence electrons. The molecule has 0 aromatic carbocycles. The normalized spacial score (nSPS) is 26.8. The third-order valence-corrected chi connectivity index (χ3v) is 6.91. The summed E-state index contributed by atoms with van der Waals surface area (Å²) in [6.45, 7) is 19.9. The molecule has 6 heteroatoms. The Hall–Kier alpha value is -1.01. The Morgan fingerprint density at radius 2 is 1.56 bits per heavy atom. The van der Waals surface area contributed by atoms with E-state index in [0.29, 0.717) is 11.3 Å². The van der Waals surface area contributed by atoms with Gasteiger partial charge in [-0.3, -0.25) is 0 Å². The van der Waals surface area contributed by atoms with Crippen molar-refractivity contribution in [2.24, 2.45) is 11.3 Å². The fraction of sp³-hybridized carbons (Fsp3) is 0.857. The number of likely N-dealkylation sites (tertiary alicyclic amines) is 1. The van der Waals surface area contributed by atoms with Crippen LogP contribution in [0, 0.1) is 11.3 Å². The maximum atomic E-state index is 12.3. The number of hydrogen-bond donors (Lipinski definition) is 0. The van der Waals surface area contributed by atoms with Gasteiger partial charge in [0, 0.05) is 13.1 Å². The van der Waals surface area contributed by atoms with Crippen LogP contribution in [0.15, 0.2) is 12.1 Å². The van der Waals surface area contributed by atoms with Crippen molar-refractivity contribution < 1.29 is 18.8 Å². The van der Waals surface area contributed by atoms with Gasteiger partial charge in [0.15, 0.2) is 0 Å². The van der Waals surface area contributed by atoms with E-state index in [-0.39, 0.29) is 24.4 Å². The van der Waals surface area contributed by atoms with Gasteiger partial charge in [0.2, 0.25) is 0 Å². The van der Waals surface area contributed by atoms with E-state index < -0.39 is 5.60 Å². The maximum Gasteiger partial charge on any atom is 0.490 e. The molecule has 2 saturated heterocycles. The summed E-state index contributed by atoms with van der Waals surface area (Å²) in [7, 11) is -0.306. The summed E-state index contributed by atoms with van der Waals surface area (Å²) in [4.78, 5) is 14.1. The van der Waals surface area contributed by atoms with Crippen molar-refractivity contribution in [1.82, 2.24) is 4.90 Å². The second-order valence-corrected chi connectivity index (χ2v) is 10.7. The number of ether oxygens (including phenoxy) is 1. The molecule has 3 aliphatic rings. The molecular formula is C21H36BNO4. The van der Waals surface area contributed by atoms with E-state index in [1.807, 2.05) is 25.7 Å². The van der Waals surface area contributed by atoms with Gasteiger partial charge in [-0.25, -0.2) is 4.79 Å². The first-order valence-electron chi connectivity index (χ1n) is 10.3. The quantitative estimate of drug-likeness (QED) is 0.660. The van der Waals surface area contributed by atoms with Crippen molar-refractivity contribution >= 4 is 13.2 Å². The smallest absolute Gasteiger partial charge is 0.444 e. The van der Waals surface area contributed by atoms with Gasteiger partial charge in [-0.15, -0.1) is 6.58 Å². The first-order chi connectivity index (χ1) is 12.2. The average Bonchev–Trinajstić information content (AvgIpc) is 2.71. The minimum absolute atomic E-state index is 0.185. The molecule has 0 atom stereocenters. The Kier molecular flexibility index (Phi) is 5.00. The highest BCUT2D eigenvalue weighted by Gasteiger charge is 2.56. The molecule has 2 heterocycles. The van der Waals surface area contributed by atoms with Crippen LogP contribution in [0.2, 0.25) is 0 Å². The molecule has 5 nitrogen and oxygen atoms in total. The van der Waals surface area contributed by atoms with Crippen molar-refractivity contribution in [2.45, 2.75) is 91.0 Å². The van der Waals surface area contributed by atoms with E-state index >= 15 is 0 Å². The number of rotatable bonds is 2. The highest BCUT2D eigenvalue weighted by molar-refractivity contribution is 6.54. The van der Waals surface area contributed by atoms with Gasteiger partial charge >= 0.3 is 13.2 Å². The third kappa shape index (κ3) is 4.07. The molecule has 27 heavy (non-hydrogen) atoms. The van der Waals surface area contributed by atoms with Crippen molar-refractivity contribution in [3.05, 3.63) is 12.1 Å². The summed E-state index contributed by atoms with van der Waals surface area (Å²) in [6.07, 6.45) is 4.14. The minimum atomic E-state index is -0.436. The van der Waals surface area contributed by atoms with E-state index in [0.717, 1.165) is 44.2 Å². The van der Waals surface area contributed by atoms with Crippen LogP contribution in [0.25, 0.3) is 0 Å². The molecule has 2 aliphatic heterocycles. The van der Waals surface area contributed by atoms with E-state index in [9.17, 15) is 4.79 Å². The van der Waals surface area contributed by atoms with E-state index in [4.69, 9.17) is 14.0 Å². The molecule has 1 spiro atoms. The van der Waals surface area contributed by atoms with Crippen molar-refractivity contribution in [3.63, 3.8) is 0 Å². The molecule has 0 aromatic heterocycles. The van der Waals surface area contributed by atoms with Gasteiger partial charge in [-0.05, 0) is 91.0 Å². The third-order valence-electron chi connectivity index (χ3n) is 6.91. The van der Waals surface area contributed by atoms with Crippen molar-refractivity contribution in [3.8, 4) is 0 Å². The molecule has 0 bridgehead atoms. The Morgan fingerprint density at radius 3 is 2.00 bits per heavy atom. The zero-order valence-electron chi connectivity index (χ0n) is 18.2. The second-order valence-electron chi connectivity index (χ2n) is 10.7. The minimum Gasteiger partial charge on any atom is -0.444 e. The number of carbonyl (C=O) groups excluding carboxylic acids is 1. The molecule has 3 rings (SSSR count). The van der Waals surface area contributed by atoms with Gasteiger partial charge in [0.05, 0.1) is 11.2 Å². The Balaban J connectivity index is 1.49. The monoisotopic (exact) mass is 377 g/mol. The lowest BCUT2D eigenvalue weighted by Crippen LogP contribution is -2.50. The van der Waals surface area contributed by atoms with Crippen LogP contribution < -0.4 is 0 Å². The predicted octanol–water partition coefficient (Wildman–Crippen LogP) is 4.60. The number of carbonyl (C=O) groups is 1. The molecule has 1 saturated carbocycles. The number of allylic oxidation sites excluding steroid dienone is 1. The molecule has 0 unspecified atom stereocenters. The van der Waals surface area contributed by atoms with Crippen LogP contribution >= 0.6 is 0 Å². The van der Waals surface area contributed by atoms with Crippen LogP contribution in [-0.2, 0) is 14.0 Å². The van der Waals surface area contributed by atoms with Crippen LogP contribution in [-0.4, -0.2) is 48.0 Å². The lowest BCUT2D eigenvalue weighted by molar-refractivity contribution is -0.0187. The fourth-order valence-corrected chi connectivity index (χ4v) is 4.33. The van der Waals surface area contributed by atoms with E-state index in [1.54, 1.807) is 0 Å². The SMILES string of the molecule is C=C(B1OC(C)(C)C(C)(C)O1)C1CC2(CCN(C(=O)OC(C)(C)C)CC2)C1. The fourth-order valence-electron chi connectivity index (χ4n) is 4.33. The zero-order valence-corrected chi connectivity index (χ0v) is 18.2. The summed E-state index contributed by atoms with van der Waals surface area (Å²) in [5, 5.41) is 0. The van der Waals surface area contributed by atoms with E-state index in [1.165, 1.54) is 0 Å². The highest BCUT2D eigenvalue weighted by Crippen LogP contribution is 2.56. The summed E-state index contributed by atoms with van der Waals surface area (Å²) >= 11 is 0. The molecule has 1 amide bonds. The number of nitrogens with zero attached hydrogens (tertiary/aromatic N) is 1. The Labute approximate surface area is 164 Å². The van der Waals surface area contributed by atoms with Gasteiger partial charge in [0.1, 0.15) is 5.60 Å². The Bertz CT molecular complexity index is 590. The molecule has 0 N–H and O–H groups in total. The molecule has 0 radical (unpaired) electrons. The summed E-state index contributed by atoms with van der Waals surface area (Å²) < 4.78 is 17.8. The summed E-state index contributed by atoms with van der Waals surface area (Å²) in [5.41, 5.74) is 0.347. The molecule has 0 aromatic rings. The van der Waals surface area contributed by atoms with E-state index in [2.05, 4.69) is 34.3 Å². The van der Waals surface area contributed by atoms with Crippen molar-refractivity contribution in [2.75, 3.05) is 13.1 Å². The van der Waals surface area contributed by atoms with Gasteiger partial charge in [-0.2, -0.15) is 0 Å². The van der Waals surface area contributed by atoms with Crippen LogP contribution in [0.1, 0.15) is 74.1 Å². The molecule has 1 aliphatic carbocycles. The number of piperidine rings is 1. The van der Waals surface area contributed by atoms with Gasteiger partial charge in [0.25, 0.3) is 0 Å². The highest BCUT2D eigenvalue weighted by atomic mass is 16.7. The molecule has 3 fully saturated rings. The largest absolute Gasteiger partial charge is 0.490 e. The first-order valence-corrected chi connectivity index (χ1v) is 10.3. The topological polar surface area (TPSA) is 48.0 Å². The number of hydrogen-bond acceptors (Lipinski definition) is 4. The maximum absolute atomic E-state index is 12.3. The van der Waals surface area contributed by atoms with Crippen molar-refractivity contribution in [1.29, 1.82) is 0 Å². The zero-order chi connectivity index (χ0) is 20.3.